The molecule has 0 aliphatic rings. The van der Waals surface area contributed by atoms with E-state index in [2.05, 4.69) is 15.9 Å². The molecule has 0 unspecified atom stereocenters. The van der Waals surface area contributed by atoms with E-state index in [1.807, 2.05) is 18.2 Å². The summed E-state index contributed by atoms with van der Waals surface area (Å²) in [6.07, 6.45) is 0.729. The summed E-state index contributed by atoms with van der Waals surface area (Å²) in [5, 5.41) is 1.10. The third-order valence-corrected chi connectivity index (χ3v) is 3.59. The predicted molar refractivity (Wildman–Crippen MR) is 83.4 cm³/mol. The van der Waals surface area contributed by atoms with Gasteiger partial charge in [-0.05, 0) is 48.9 Å². The van der Waals surface area contributed by atoms with Crippen molar-refractivity contribution in [1.29, 1.82) is 0 Å². The third kappa shape index (κ3) is 3.86. The van der Waals surface area contributed by atoms with Crippen molar-refractivity contribution in [2.75, 3.05) is 6.54 Å². The molecule has 0 aliphatic heterocycles. The van der Waals surface area contributed by atoms with Crippen LogP contribution in [0.1, 0.15) is 5.56 Å². The third-order valence-electron chi connectivity index (χ3n) is 2.55. The Kier molecular flexibility index (Phi) is 5.11. The van der Waals surface area contributed by atoms with Crippen LogP contribution < -0.4 is 10.5 Å². The van der Waals surface area contributed by atoms with Crippen LogP contribution in [-0.2, 0) is 6.42 Å². The quantitative estimate of drug-likeness (QED) is 0.827. The molecular formula is C14H12BrCl2NO. The van der Waals surface area contributed by atoms with Gasteiger partial charge >= 0.3 is 0 Å². The van der Waals surface area contributed by atoms with E-state index in [9.17, 15) is 0 Å². The molecule has 0 atom stereocenters. The van der Waals surface area contributed by atoms with Crippen LogP contribution in [0.15, 0.2) is 40.9 Å². The zero-order valence-electron chi connectivity index (χ0n) is 10.00. The minimum Gasteiger partial charge on any atom is -0.455 e. The van der Waals surface area contributed by atoms with Gasteiger partial charge < -0.3 is 10.5 Å². The summed E-state index contributed by atoms with van der Waals surface area (Å²) in [7, 11) is 0. The molecule has 2 nitrogen and oxygen atoms in total. The average molecular weight is 361 g/mol. The molecule has 2 aromatic carbocycles. The average Bonchev–Trinajstić information content (AvgIpc) is 2.37. The number of hydrogen-bond donors (Lipinski definition) is 1. The summed E-state index contributed by atoms with van der Waals surface area (Å²) in [5.74, 6) is 1.27. The highest BCUT2D eigenvalue weighted by Crippen LogP contribution is 2.34. The zero-order valence-corrected chi connectivity index (χ0v) is 13.1. The van der Waals surface area contributed by atoms with Crippen molar-refractivity contribution in [3.8, 4) is 11.5 Å². The fourth-order valence-corrected chi connectivity index (χ4v) is 2.40. The fraction of sp³-hybridized carbons (Fsp3) is 0.143. The van der Waals surface area contributed by atoms with E-state index in [1.54, 1.807) is 18.2 Å². The van der Waals surface area contributed by atoms with Crippen molar-refractivity contribution in [3.05, 3.63) is 56.5 Å². The summed E-state index contributed by atoms with van der Waals surface area (Å²) in [6.45, 7) is 0.552. The molecular weight excluding hydrogens is 349 g/mol. The summed E-state index contributed by atoms with van der Waals surface area (Å²) in [4.78, 5) is 0. The van der Waals surface area contributed by atoms with Gasteiger partial charge in [0.15, 0.2) is 0 Å². The number of benzene rings is 2. The molecule has 0 fully saturated rings. The molecule has 2 rings (SSSR count). The predicted octanol–water partition coefficient (Wildman–Crippen LogP) is 5.05. The van der Waals surface area contributed by atoms with E-state index < -0.39 is 0 Å². The summed E-state index contributed by atoms with van der Waals surface area (Å²) < 4.78 is 6.82. The van der Waals surface area contributed by atoms with Gasteiger partial charge in [0.25, 0.3) is 0 Å². The van der Waals surface area contributed by atoms with Crippen LogP contribution in [0, 0.1) is 0 Å². The molecule has 19 heavy (non-hydrogen) atoms. The number of nitrogens with two attached hydrogens (primary N) is 1. The van der Waals surface area contributed by atoms with Crippen LogP contribution in [0.5, 0.6) is 11.5 Å². The van der Waals surface area contributed by atoms with E-state index in [1.165, 1.54) is 0 Å². The van der Waals surface area contributed by atoms with Gasteiger partial charge in [-0.3, -0.25) is 0 Å². The highest BCUT2D eigenvalue weighted by Gasteiger charge is 2.08. The summed E-state index contributed by atoms with van der Waals surface area (Å²) in [5.41, 5.74) is 6.63. The Labute approximate surface area is 130 Å². The standard InChI is InChI=1S/C14H12BrCl2NO/c15-10-1-4-13(9(7-10)5-6-18)19-14-8-11(16)2-3-12(14)17/h1-4,7-8H,5-6,18H2. The fourth-order valence-electron chi connectivity index (χ4n) is 1.67. The first kappa shape index (κ1) is 14.7. The maximum absolute atomic E-state index is 6.09. The molecule has 0 radical (unpaired) electrons. The van der Waals surface area contributed by atoms with Crippen molar-refractivity contribution < 1.29 is 4.74 Å². The molecule has 0 heterocycles. The van der Waals surface area contributed by atoms with Crippen molar-refractivity contribution in [2.45, 2.75) is 6.42 Å². The highest BCUT2D eigenvalue weighted by atomic mass is 79.9. The second-order valence-corrected chi connectivity index (χ2v) is 5.73. The SMILES string of the molecule is NCCc1cc(Br)ccc1Oc1cc(Cl)ccc1Cl. The van der Waals surface area contributed by atoms with Crippen LogP contribution in [0.3, 0.4) is 0 Å². The number of halogens is 3. The maximum atomic E-state index is 6.09. The first-order valence-electron chi connectivity index (χ1n) is 5.71. The van der Waals surface area contributed by atoms with Gasteiger partial charge in [0.05, 0.1) is 5.02 Å². The lowest BCUT2D eigenvalue weighted by Gasteiger charge is -2.12. The zero-order chi connectivity index (χ0) is 13.8. The lowest BCUT2D eigenvalue weighted by molar-refractivity contribution is 0.476. The van der Waals surface area contributed by atoms with E-state index in [0.29, 0.717) is 22.3 Å². The first-order valence-corrected chi connectivity index (χ1v) is 7.26. The van der Waals surface area contributed by atoms with Crippen molar-refractivity contribution in [3.63, 3.8) is 0 Å². The second-order valence-electron chi connectivity index (χ2n) is 3.97. The van der Waals surface area contributed by atoms with Gasteiger partial charge in [0, 0.05) is 15.6 Å². The van der Waals surface area contributed by atoms with Crippen molar-refractivity contribution in [1.82, 2.24) is 0 Å². The smallest absolute Gasteiger partial charge is 0.147 e. The lowest BCUT2D eigenvalue weighted by atomic mass is 10.1. The van der Waals surface area contributed by atoms with Gasteiger partial charge in [-0.1, -0.05) is 39.1 Å². The number of rotatable bonds is 4. The molecule has 2 aromatic rings. The maximum Gasteiger partial charge on any atom is 0.147 e. The molecule has 0 saturated heterocycles. The summed E-state index contributed by atoms with van der Waals surface area (Å²) in [6, 6.07) is 10.9. The Morgan fingerprint density at radius 2 is 1.84 bits per heavy atom. The topological polar surface area (TPSA) is 35.2 Å². The van der Waals surface area contributed by atoms with Gasteiger partial charge in [0.2, 0.25) is 0 Å². The van der Waals surface area contributed by atoms with Gasteiger partial charge in [-0.25, -0.2) is 0 Å². The van der Waals surface area contributed by atoms with E-state index in [-0.39, 0.29) is 0 Å². The van der Waals surface area contributed by atoms with Crippen molar-refractivity contribution in [2.24, 2.45) is 5.73 Å². The summed E-state index contributed by atoms with van der Waals surface area (Å²) >= 11 is 15.5. The molecule has 0 bridgehead atoms. The Hall–Kier alpha value is -0.740. The van der Waals surface area contributed by atoms with Crippen LogP contribution in [-0.4, -0.2) is 6.54 Å². The van der Waals surface area contributed by atoms with Gasteiger partial charge in [0.1, 0.15) is 11.5 Å². The number of hydrogen-bond acceptors (Lipinski definition) is 2. The minimum atomic E-state index is 0.519. The molecule has 5 heteroatoms. The van der Waals surface area contributed by atoms with Crippen LogP contribution in [0.4, 0.5) is 0 Å². The van der Waals surface area contributed by atoms with Crippen LogP contribution >= 0.6 is 39.1 Å². The Balaban J connectivity index is 2.34. The van der Waals surface area contributed by atoms with Crippen LogP contribution in [0.2, 0.25) is 10.0 Å². The Morgan fingerprint density at radius 1 is 1.05 bits per heavy atom. The minimum absolute atomic E-state index is 0.519. The van der Waals surface area contributed by atoms with Gasteiger partial charge in [-0.15, -0.1) is 0 Å². The van der Waals surface area contributed by atoms with Gasteiger partial charge in [-0.2, -0.15) is 0 Å². The lowest BCUT2D eigenvalue weighted by Crippen LogP contribution is -2.04. The van der Waals surface area contributed by atoms with E-state index in [0.717, 1.165) is 22.2 Å². The molecule has 0 saturated carbocycles. The Bertz CT molecular complexity index is 590. The highest BCUT2D eigenvalue weighted by molar-refractivity contribution is 9.10. The van der Waals surface area contributed by atoms with E-state index in [4.69, 9.17) is 33.7 Å². The van der Waals surface area contributed by atoms with E-state index >= 15 is 0 Å². The molecule has 0 amide bonds. The normalized spacial score (nSPS) is 10.5. The molecule has 0 aromatic heterocycles. The first-order chi connectivity index (χ1) is 9.10. The number of ether oxygens (including phenoxy) is 1. The second kappa shape index (κ2) is 6.62. The largest absolute Gasteiger partial charge is 0.455 e. The van der Waals surface area contributed by atoms with Crippen molar-refractivity contribution >= 4 is 39.1 Å². The monoisotopic (exact) mass is 359 g/mol. The molecule has 100 valence electrons. The van der Waals surface area contributed by atoms with Crippen LogP contribution in [0.25, 0.3) is 0 Å². The molecule has 2 N–H and O–H groups in total. The molecule has 0 spiro atoms. The molecule has 0 aliphatic carbocycles. The Morgan fingerprint density at radius 3 is 2.58 bits per heavy atom.